The van der Waals surface area contributed by atoms with Crippen molar-refractivity contribution < 1.29 is 0 Å². The number of unbranched alkanes of at least 4 members (excludes halogenated alkanes) is 3. The molecule has 1 aliphatic carbocycles. The fraction of sp³-hybridized carbons (Fsp3) is 1.00. The summed E-state index contributed by atoms with van der Waals surface area (Å²) in [5, 5.41) is 3.57. The largest absolute Gasteiger partial charge is 0.312 e. The van der Waals surface area contributed by atoms with E-state index < -0.39 is 0 Å². The molecule has 2 nitrogen and oxygen atoms in total. The standard InChI is InChI=1S/C16H34N2/c1-5-6-13-18(15-10-11-15)14-9-7-8-12-17-16(2,3)4/h15,17H,5-14H2,1-4H3. The van der Waals surface area contributed by atoms with Crippen molar-refractivity contribution in [3.63, 3.8) is 0 Å². The zero-order valence-corrected chi connectivity index (χ0v) is 13.1. The van der Waals surface area contributed by atoms with Crippen LogP contribution < -0.4 is 5.32 Å². The third-order valence-electron chi connectivity index (χ3n) is 3.64. The first-order chi connectivity index (χ1) is 8.53. The molecule has 0 amide bonds. The van der Waals surface area contributed by atoms with Crippen molar-refractivity contribution in [3.05, 3.63) is 0 Å². The minimum atomic E-state index is 0.279. The van der Waals surface area contributed by atoms with Crippen molar-refractivity contribution in [2.45, 2.75) is 84.2 Å². The molecule has 0 heterocycles. The lowest BCUT2D eigenvalue weighted by molar-refractivity contribution is 0.252. The minimum Gasteiger partial charge on any atom is -0.312 e. The predicted molar refractivity (Wildman–Crippen MR) is 81.1 cm³/mol. The normalized spacial score (nSPS) is 16.5. The predicted octanol–water partition coefficient (Wildman–Crippen LogP) is 3.81. The molecule has 0 radical (unpaired) electrons. The van der Waals surface area contributed by atoms with E-state index in [0.717, 1.165) is 6.04 Å². The Balaban J connectivity index is 1.98. The second kappa shape index (κ2) is 8.16. The highest BCUT2D eigenvalue weighted by atomic mass is 15.2. The molecule has 108 valence electrons. The third kappa shape index (κ3) is 8.10. The van der Waals surface area contributed by atoms with Crippen molar-refractivity contribution in [2.24, 2.45) is 0 Å². The van der Waals surface area contributed by atoms with Gasteiger partial charge in [0.25, 0.3) is 0 Å². The SMILES string of the molecule is CCCCN(CCCCCNC(C)(C)C)C1CC1. The van der Waals surface area contributed by atoms with E-state index in [4.69, 9.17) is 0 Å². The van der Waals surface area contributed by atoms with E-state index in [-0.39, 0.29) is 5.54 Å². The monoisotopic (exact) mass is 254 g/mol. The Morgan fingerprint density at radius 1 is 1.00 bits per heavy atom. The first-order valence-corrected chi connectivity index (χ1v) is 8.02. The topological polar surface area (TPSA) is 15.3 Å². The maximum atomic E-state index is 3.57. The smallest absolute Gasteiger partial charge is 0.00965 e. The van der Waals surface area contributed by atoms with Crippen LogP contribution in [0.15, 0.2) is 0 Å². The fourth-order valence-corrected chi connectivity index (χ4v) is 2.36. The Morgan fingerprint density at radius 3 is 2.22 bits per heavy atom. The van der Waals surface area contributed by atoms with Gasteiger partial charge in [0.2, 0.25) is 0 Å². The van der Waals surface area contributed by atoms with E-state index in [1.807, 2.05) is 0 Å². The van der Waals surface area contributed by atoms with Crippen LogP contribution >= 0.6 is 0 Å². The van der Waals surface area contributed by atoms with Gasteiger partial charge in [0.05, 0.1) is 0 Å². The summed E-state index contributed by atoms with van der Waals surface area (Å²) in [7, 11) is 0. The molecule has 0 saturated heterocycles. The van der Waals surface area contributed by atoms with Crippen LogP contribution in [0.4, 0.5) is 0 Å². The molecule has 0 atom stereocenters. The number of hydrogen-bond donors (Lipinski definition) is 1. The lowest BCUT2D eigenvalue weighted by atomic mass is 10.1. The van der Waals surface area contributed by atoms with Crippen molar-refractivity contribution >= 4 is 0 Å². The summed E-state index contributed by atoms with van der Waals surface area (Å²) in [5.41, 5.74) is 0.279. The zero-order valence-electron chi connectivity index (χ0n) is 13.1. The number of hydrogen-bond acceptors (Lipinski definition) is 2. The molecule has 1 fully saturated rings. The zero-order chi connectivity index (χ0) is 13.4. The molecular weight excluding hydrogens is 220 g/mol. The summed E-state index contributed by atoms with van der Waals surface area (Å²) >= 11 is 0. The first-order valence-electron chi connectivity index (χ1n) is 8.02. The average molecular weight is 254 g/mol. The van der Waals surface area contributed by atoms with Crippen molar-refractivity contribution in [2.75, 3.05) is 19.6 Å². The number of rotatable bonds is 10. The summed E-state index contributed by atoms with van der Waals surface area (Å²) in [6.45, 7) is 12.9. The highest BCUT2D eigenvalue weighted by molar-refractivity contribution is 4.84. The number of nitrogens with zero attached hydrogens (tertiary/aromatic N) is 1. The Labute approximate surface area is 115 Å². The Kier molecular flexibility index (Phi) is 7.25. The summed E-state index contributed by atoms with van der Waals surface area (Å²) in [6.07, 6.45) is 9.69. The molecule has 18 heavy (non-hydrogen) atoms. The van der Waals surface area contributed by atoms with Gasteiger partial charge in [-0.05, 0) is 72.5 Å². The molecule has 1 saturated carbocycles. The van der Waals surface area contributed by atoms with Gasteiger partial charge in [-0.1, -0.05) is 19.8 Å². The van der Waals surface area contributed by atoms with E-state index in [0.29, 0.717) is 0 Å². The third-order valence-corrected chi connectivity index (χ3v) is 3.64. The molecule has 1 N–H and O–H groups in total. The van der Waals surface area contributed by atoms with Crippen LogP contribution in [-0.4, -0.2) is 36.1 Å². The van der Waals surface area contributed by atoms with Crippen molar-refractivity contribution in [1.29, 1.82) is 0 Å². The van der Waals surface area contributed by atoms with Crippen LogP contribution in [0.5, 0.6) is 0 Å². The van der Waals surface area contributed by atoms with Gasteiger partial charge in [-0.25, -0.2) is 0 Å². The summed E-state index contributed by atoms with van der Waals surface area (Å²) in [4.78, 5) is 2.74. The van der Waals surface area contributed by atoms with Gasteiger partial charge in [0.15, 0.2) is 0 Å². The van der Waals surface area contributed by atoms with Crippen molar-refractivity contribution in [1.82, 2.24) is 10.2 Å². The highest BCUT2D eigenvalue weighted by Crippen LogP contribution is 2.27. The van der Waals surface area contributed by atoms with E-state index in [1.54, 1.807) is 0 Å². The van der Waals surface area contributed by atoms with Gasteiger partial charge in [-0.15, -0.1) is 0 Å². The molecule has 0 aliphatic heterocycles. The van der Waals surface area contributed by atoms with Gasteiger partial charge >= 0.3 is 0 Å². The lowest BCUT2D eigenvalue weighted by Gasteiger charge is -2.22. The average Bonchev–Trinajstić information content (AvgIpc) is 3.09. The van der Waals surface area contributed by atoms with E-state index in [1.165, 1.54) is 64.6 Å². The maximum Gasteiger partial charge on any atom is 0.00965 e. The van der Waals surface area contributed by atoms with Crippen LogP contribution in [0.2, 0.25) is 0 Å². The maximum absolute atomic E-state index is 3.57. The summed E-state index contributed by atoms with van der Waals surface area (Å²) in [6, 6.07) is 0.948. The molecule has 0 unspecified atom stereocenters. The van der Waals surface area contributed by atoms with Crippen LogP contribution in [-0.2, 0) is 0 Å². The fourth-order valence-electron chi connectivity index (χ4n) is 2.36. The molecular formula is C16H34N2. The van der Waals surface area contributed by atoms with Crippen molar-refractivity contribution in [3.8, 4) is 0 Å². The second-order valence-corrected chi connectivity index (χ2v) is 6.86. The van der Waals surface area contributed by atoms with Gasteiger partial charge in [-0.2, -0.15) is 0 Å². The molecule has 0 aromatic heterocycles. The molecule has 0 spiro atoms. The lowest BCUT2D eigenvalue weighted by Crippen LogP contribution is -2.36. The quantitative estimate of drug-likeness (QED) is 0.596. The Hall–Kier alpha value is -0.0800. The van der Waals surface area contributed by atoms with Gasteiger partial charge in [-0.3, -0.25) is 0 Å². The first kappa shape index (κ1) is 16.0. The van der Waals surface area contributed by atoms with Gasteiger partial charge in [0, 0.05) is 11.6 Å². The summed E-state index contributed by atoms with van der Waals surface area (Å²) in [5.74, 6) is 0. The Bertz CT molecular complexity index is 204. The summed E-state index contributed by atoms with van der Waals surface area (Å²) < 4.78 is 0. The number of nitrogens with one attached hydrogen (secondary N) is 1. The Morgan fingerprint density at radius 2 is 1.67 bits per heavy atom. The van der Waals surface area contributed by atoms with Crippen LogP contribution in [0.1, 0.15) is 72.6 Å². The highest BCUT2D eigenvalue weighted by Gasteiger charge is 2.27. The van der Waals surface area contributed by atoms with Crippen LogP contribution in [0.25, 0.3) is 0 Å². The van der Waals surface area contributed by atoms with Gasteiger partial charge < -0.3 is 10.2 Å². The molecule has 1 aliphatic rings. The molecule has 0 aromatic carbocycles. The van der Waals surface area contributed by atoms with Crippen LogP contribution in [0, 0.1) is 0 Å². The molecule has 1 rings (SSSR count). The molecule has 0 aromatic rings. The van der Waals surface area contributed by atoms with Crippen LogP contribution in [0.3, 0.4) is 0 Å². The van der Waals surface area contributed by atoms with E-state index in [2.05, 4.69) is 37.9 Å². The molecule has 0 bridgehead atoms. The second-order valence-electron chi connectivity index (χ2n) is 6.86. The van der Waals surface area contributed by atoms with E-state index in [9.17, 15) is 0 Å². The minimum absolute atomic E-state index is 0.279. The van der Waals surface area contributed by atoms with Gasteiger partial charge in [0.1, 0.15) is 0 Å². The van der Waals surface area contributed by atoms with E-state index >= 15 is 0 Å². The molecule has 2 heteroatoms.